The minimum absolute atomic E-state index is 0.0871. The largest absolute Gasteiger partial charge is 0.462 e. The van der Waals surface area contributed by atoms with Crippen molar-refractivity contribution in [3.8, 4) is 0 Å². The number of carbonyl (C=O) groups is 3. The van der Waals surface area contributed by atoms with E-state index in [0.29, 0.717) is 19.3 Å². The Labute approximate surface area is 511 Å². The van der Waals surface area contributed by atoms with E-state index in [1.807, 2.05) is 0 Å². The summed E-state index contributed by atoms with van der Waals surface area (Å²) in [5.41, 5.74) is 0. The molecule has 468 valence electrons. The van der Waals surface area contributed by atoms with Crippen molar-refractivity contribution in [3.05, 3.63) is 158 Å². The lowest BCUT2D eigenvalue weighted by Gasteiger charge is -2.18. The molecule has 0 aromatic carbocycles. The van der Waals surface area contributed by atoms with Crippen LogP contribution in [-0.2, 0) is 28.6 Å². The minimum atomic E-state index is -0.790. The highest BCUT2D eigenvalue weighted by Gasteiger charge is 2.19. The Morgan fingerprint density at radius 1 is 0.253 bits per heavy atom. The molecule has 0 aromatic heterocycles. The predicted octanol–water partition coefficient (Wildman–Crippen LogP) is 23.7. The zero-order chi connectivity index (χ0) is 59.9. The first-order chi connectivity index (χ1) is 41.0. The van der Waals surface area contributed by atoms with E-state index in [1.54, 1.807) is 0 Å². The second-order valence-corrected chi connectivity index (χ2v) is 22.0. The van der Waals surface area contributed by atoms with E-state index < -0.39 is 6.10 Å². The highest BCUT2D eigenvalue weighted by Crippen LogP contribution is 2.15. The molecule has 0 amide bonds. The van der Waals surface area contributed by atoms with Crippen LogP contribution in [0.2, 0.25) is 0 Å². The fourth-order valence-corrected chi connectivity index (χ4v) is 9.01. The first-order valence-corrected chi connectivity index (χ1v) is 34.0. The Hall–Kier alpha value is -4.97. The molecule has 0 saturated carbocycles. The van der Waals surface area contributed by atoms with Crippen molar-refractivity contribution in [3.63, 3.8) is 0 Å². The molecule has 0 N–H and O–H groups in total. The molecular formula is C77H124O6. The summed E-state index contributed by atoms with van der Waals surface area (Å²) in [5.74, 6) is -0.908. The topological polar surface area (TPSA) is 78.9 Å². The third kappa shape index (κ3) is 67.7. The molecule has 0 aromatic rings. The molecule has 0 aliphatic heterocycles. The van der Waals surface area contributed by atoms with Crippen molar-refractivity contribution in [2.45, 2.75) is 297 Å². The molecule has 0 bridgehead atoms. The normalized spacial score (nSPS) is 13.1. The molecule has 0 aliphatic carbocycles. The van der Waals surface area contributed by atoms with E-state index in [2.05, 4.69) is 179 Å². The summed E-state index contributed by atoms with van der Waals surface area (Å²) in [6, 6.07) is 0. The maximum absolute atomic E-state index is 12.9. The molecule has 6 heteroatoms. The van der Waals surface area contributed by atoms with Crippen molar-refractivity contribution >= 4 is 17.9 Å². The number of hydrogen-bond donors (Lipinski definition) is 0. The Bertz CT molecular complexity index is 1840. The fourth-order valence-electron chi connectivity index (χ4n) is 9.01. The van der Waals surface area contributed by atoms with Crippen molar-refractivity contribution in [1.82, 2.24) is 0 Å². The van der Waals surface area contributed by atoms with E-state index in [0.717, 1.165) is 154 Å². The summed E-state index contributed by atoms with van der Waals surface area (Å²) in [6.45, 7) is 6.36. The first-order valence-electron chi connectivity index (χ1n) is 34.0. The minimum Gasteiger partial charge on any atom is -0.462 e. The van der Waals surface area contributed by atoms with Gasteiger partial charge in [0, 0.05) is 19.3 Å². The monoisotopic (exact) mass is 1140 g/mol. The summed E-state index contributed by atoms with van der Waals surface area (Å²) < 4.78 is 16.9. The Balaban J connectivity index is 4.18. The predicted molar refractivity (Wildman–Crippen MR) is 362 cm³/mol. The zero-order valence-electron chi connectivity index (χ0n) is 53.7. The van der Waals surface area contributed by atoms with E-state index in [1.165, 1.54) is 96.3 Å². The number of unbranched alkanes of at least 4 members (excludes halogenated alkanes) is 23. The molecule has 0 spiro atoms. The summed E-state index contributed by atoms with van der Waals surface area (Å²) in [6.07, 6.45) is 101. The van der Waals surface area contributed by atoms with Gasteiger partial charge in [0.05, 0.1) is 0 Å². The number of allylic oxidation sites excluding steroid dienone is 26. The van der Waals surface area contributed by atoms with E-state index in [9.17, 15) is 14.4 Å². The molecule has 0 heterocycles. The van der Waals surface area contributed by atoms with E-state index in [4.69, 9.17) is 14.2 Å². The van der Waals surface area contributed by atoms with E-state index in [-0.39, 0.29) is 31.1 Å². The zero-order valence-corrected chi connectivity index (χ0v) is 53.7. The highest BCUT2D eigenvalue weighted by atomic mass is 16.6. The third-order valence-corrected chi connectivity index (χ3v) is 14.0. The maximum atomic E-state index is 12.9. The Kier molecular flexibility index (Phi) is 65.4. The van der Waals surface area contributed by atoms with Crippen LogP contribution in [0.3, 0.4) is 0 Å². The van der Waals surface area contributed by atoms with Gasteiger partial charge in [-0.15, -0.1) is 0 Å². The van der Waals surface area contributed by atoms with E-state index >= 15 is 0 Å². The van der Waals surface area contributed by atoms with Crippen LogP contribution in [0.5, 0.6) is 0 Å². The smallest absolute Gasteiger partial charge is 0.306 e. The fraction of sp³-hybridized carbons (Fsp3) is 0.623. The Morgan fingerprint density at radius 3 is 0.735 bits per heavy atom. The lowest BCUT2D eigenvalue weighted by Crippen LogP contribution is -2.30. The lowest BCUT2D eigenvalue weighted by molar-refractivity contribution is -0.167. The number of rotatable bonds is 60. The molecule has 0 aliphatic rings. The summed E-state index contributed by atoms with van der Waals surface area (Å²) in [4.78, 5) is 38.2. The van der Waals surface area contributed by atoms with Gasteiger partial charge in [0.2, 0.25) is 0 Å². The van der Waals surface area contributed by atoms with Gasteiger partial charge >= 0.3 is 17.9 Å². The summed E-state index contributed by atoms with van der Waals surface area (Å²) in [5, 5.41) is 0. The van der Waals surface area contributed by atoms with Crippen LogP contribution >= 0.6 is 0 Å². The van der Waals surface area contributed by atoms with Crippen LogP contribution < -0.4 is 0 Å². The van der Waals surface area contributed by atoms with Crippen LogP contribution in [0.1, 0.15) is 290 Å². The Morgan fingerprint density at radius 2 is 0.470 bits per heavy atom. The van der Waals surface area contributed by atoms with Crippen LogP contribution in [0, 0.1) is 0 Å². The van der Waals surface area contributed by atoms with Crippen molar-refractivity contribution in [2.24, 2.45) is 0 Å². The van der Waals surface area contributed by atoms with Crippen LogP contribution in [0.15, 0.2) is 158 Å². The molecule has 1 atom stereocenters. The second-order valence-electron chi connectivity index (χ2n) is 22.0. The number of hydrogen-bond acceptors (Lipinski definition) is 6. The van der Waals surface area contributed by atoms with Gasteiger partial charge in [-0.25, -0.2) is 0 Å². The molecule has 83 heavy (non-hydrogen) atoms. The van der Waals surface area contributed by atoms with Gasteiger partial charge in [-0.3, -0.25) is 14.4 Å². The van der Waals surface area contributed by atoms with Gasteiger partial charge < -0.3 is 14.2 Å². The van der Waals surface area contributed by atoms with Gasteiger partial charge in [-0.2, -0.15) is 0 Å². The highest BCUT2D eigenvalue weighted by molar-refractivity contribution is 5.71. The molecule has 0 saturated heterocycles. The molecule has 0 rings (SSSR count). The molecule has 0 radical (unpaired) electrons. The van der Waals surface area contributed by atoms with Gasteiger partial charge in [-0.1, -0.05) is 301 Å². The average Bonchev–Trinajstić information content (AvgIpc) is 3.50. The molecule has 0 fully saturated rings. The van der Waals surface area contributed by atoms with Crippen LogP contribution in [0.4, 0.5) is 0 Å². The molecule has 6 nitrogen and oxygen atoms in total. The van der Waals surface area contributed by atoms with Crippen molar-refractivity contribution in [2.75, 3.05) is 13.2 Å². The third-order valence-electron chi connectivity index (χ3n) is 14.0. The summed E-state index contributed by atoms with van der Waals surface area (Å²) in [7, 11) is 0. The number of ether oxygens (including phenoxy) is 3. The van der Waals surface area contributed by atoms with Gasteiger partial charge in [-0.05, 0) is 128 Å². The molecular weight excluding hydrogens is 1020 g/mol. The maximum Gasteiger partial charge on any atom is 0.306 e. The van der Waals surface area contributed by atoms with Crippen molar-refractivity contribution in [1.29, 1.82) is 0 Å². The SMILES string of the molecule is CC/C=C\C/C=C\C/C=C\C/C=C\C/C=C\C/C=C\C/C=C\CCCCCCCCCCCC(=O)OCC(COC(=O)CCCCCCCCC)OC(=O)CCCCCCCCCC/C=C\C/C=C\C/C=C\C/C=C\C/C=C\C/C=C\CC. The quantitative estimate of drug-likeness (QED) is 0.0261. The summed E-state index contributed by atoms with van der Waals surface area (Å²) >= 11 is 0. The van der Waals surface area contributed by atoms with Gasteiger partial charge in [0.1, 0.15) is 13.2 Å². The lowest BCUT2D eigenvalue weighted by atomic mass is 10.1. The number of esters is 3. The number of carbonyl (C=O) groups excluding carboxylic acids is 3. The van der Waals surface area contributed by atoms with Crippen molar-refractivity contribution < 1.29 is 28.6 Å². The standard InChI is InChI=1S/C77H124O6/c1-4-7-10-13-16-18-20-22-24-26-28-30-32-34-36-37-38-39-41-42-44-46-48-50-52-54-56-58-61-64-67-70-76(79)82-73-74(72-81-75(78)69-66-63-60-15-12-9-6-3)83-77(80)71-68-65-62-59-57-55-53-51-49-47-45-43-40-35-33-31-29-27-25-23-21-19-17-14-11-8-5-2/h7-8,10-11,16-19,22-25,28-31,34-36,38-40,42,44-45,47,74H,4-6,9,12-15,20-21,26-27,32-33,37,41,43,46,48-73H2,1-3H3/b10-7-,11-8-,18-16-,19-17-,24-22-,25-23-,30-28-,31-29-,36-34-,39-38-,40-35-,44-42-,47-45-. The van der Waals surface area contributed by atoms with Gasteiger partial charge in [0.25, 0.3) is 0 Å². The van der Waals surface area contributed by atoms with Gasteiger partial charge in [0.15, 0.2) is 6.10 Å². The average molecular weight is 1150 g/mol. The second kappa shape index (κ2) is 69.5. The van der Waals surface area contributed by atoms with Crippen LogP contribution in [0.25, 0.3) is 0 Å². The molecule has 1 unspecified atom stereocenters. The van der Waals surface area contributed by atoms with Crippen LogP contribution in [-0.4, -0.2) is 37.2 Å². The first kappa shape index (κ1) is 78.0.